The maximum absolute atomic E-state index is 11.5. The Bertz CT molecular complexity index is 326. The summed E-state index contributed by atoms with van der Waals surface area (Å²) in [5.41, 5.74) is 1.43. The van der Waals surface area contributed by atoms with Gasteiger partial charge in [-0.25, -0.2) is 0 Å². The van der Waals surface area contributed by atoms with E-state index in [1.54, 1.807) is 7.05 Å². The van der Waals surface area contributed by atoms with Crippen molar-refractivity contribution < 1.29 is 14.7 Å². The highest BCUT2D eigenvalue weighted by atomic mass is 16.4. The minimum Gasteiger partial charge on any atom is -0.480 e. The van der Waals surface area contributed by atoms with E-state index in [9.17, 15) is 9.59 Å². The van der Waals surface area contributed by atoms with Gasteiger partial charge in [-0.2, -0.15) is 0 Å². The minimum absolute atomic E-state index is 0.113. The van der Waals surface area contributed by atoms with E-state index in [2.05, 4.69) is 11.4 Å². The summed E-state index contributed by atoms with van der Waals surface area (Å²) in [4.78, 5) is 23.4. The lowest BCUT2D eigenvalue weighted by Crippen LogP contribution is -2.37. The van der Waals surface area contributed by atoms with Crippen LogP contribution in [0, 0.1) is 0 Å². The lowest BCUT2D eigenvalue weighted by atomic mass is 9.97. The number of carbonyl (C=O) groups excluding carboxylic acids is 1. The van der Waals surface area contributed by atoms with Gasteiger partial charge >= 0.3 is 5.97 Å². The van der Waals surface area contributed by atoms with Crippen molar-refractivity contribution in [1.29, 1.82) is 0 Å². The molecule has 1 aliphatic carbocycles. The molecule has 0 saturated carbocycles. The highest BCUT2D eigenvalue weighted by molar-refractivity contribution is 5.78. The lowest BCUT2D eigenvalue weighted by Gasteiger charge is -2.15. The van der Waals surface area contributed by atoms with E-state index < -0.39 is 5.97 Å². The Labute approximate surface area is 108 Å². The molecule has 102 valence electrons. The van der Waals surface area contributed by atoms with E-state index in [1.165, 1.54) is 23.3 Å². The molecule has 5 heteroatoms. The molecule has 0 fully saturated rings. The van der Waals surface area contributed by atoms with Crippen LogP contribution in [0.15, 0.2) is 11.6 Å². The van der Waals surface area contributed by atoms with Gasteiger partial charge in [0, 0.05) is 6.54 Å². The molecule has 0 aromatic rings. The molecule has 0 unspecified atom stereocenters. The first-order valence-corrected chi connectivity index (χ1v) is 6.43. The SMILES string of the molecule is CN(CC(=O)O)CC(=O)NCCC1=CCCCC1. The Morgan fingerprint density at radius 2 is 2.17 bits per heavy atom. The Morgan fingerprint density at radius 1 is 1.39 bits per heavy atom. The van der Waals surface area contributed by atoms with Gasteiger partial charge in [-0.15, -0.1) is 0 Å². The standard InChI is InChI=1S/C13H22N2O3/c1-15(10-13(17)18)9-12(16)14-8-7-11-5-3-2-4-6-11/h5H,2-4,6-10H2,1H3,(H,14,16)(H,17,18). The van der Waals surface area contributed by atoms with Crippen molar-refractivity contribution in [3.63, 3.8) is 0 Å². The summed E-state index contributed by atoms with van der Waals surface area (Å²) < 4.78 is 0. The van der Waals surface area contributed by atoms with Crippen molar-refractivity contribution >= 4 is 11.9 Å². The average molecular weight is 254 g/mol. The number of rotatable bonds is 7. The van der Waals surface area contributed by atoms with Gasteiger partial charge in [0.15, 0.2) is 0 Å². The molecule has 0 aromatic carbocycles. The topological polar surface area (TPSA) is 69.6 Å². The molecule has 0 heterocycles. The number of hydrogen-bond donors (Lipinski definition) is 2. The molecule has 0 saturated heterocycles. The number of amides is 1. The molecule has 1 aliphatic rings. The Balaban J connectivity index is 2.13. The second-order valence-electron chi connectivity index (χ2n) is 4.77. The molecule has 0 aliphatic heterocycles. The van der Waals surface area contributed by atoms with Crippen LogP contribution in [0.1, 0.15) is 32.1 Å². The number of allylic oxidation sites excluding steroid dienone is 1. The number of carbonyl (C=O) groups is 2. The van der Waals surface area contributed by atoms with Gasteiger partial charge in [-0.3, -0.25) is 14.5 Å². The van der Waals surface area contributed by atoms with Crippen LogP contribution >= 0.6 is 0 Å². The largest absolute Gasteiger partial charge is 0.480 e. The first kappa shape index (κ1) is 14.7. The molecular weight excluding hydrogens is 232 g/mol. The maximum atomic E-state index is 11.5. The molecule has 5 nitrogen and oxygen atoms in total. The lowest BCUT2D eigenvalue weighted by molar-refractivity contribution is -0.138. The van der Waals surface area contributed by atoms with Crippen LogP contribution in [0.4, 0.5) is 0 Å². The molecule has 0 spiro atoms. The Morgan fingerprint density at radius 3 is 2.78 bits per heavy atom. The molecule has 2 N–H and O–H groups in total. The summed E-state index contributed by atoms with van der Waals surface area (Å²) in [6.07, 6.45) is 8.01. The monoisotopic (exact) mass is 254 g/mol. The zero-order valence-electron chi connectivity index (χ0n) is 10.9. The summed E-state index contributed by atoms with van der Waals surface area (Å²) in [7, 11) is 1.62. The fourth-order valence-corrected chi connectivity index (χ4v) is 2.08. The fraction of sp³-hybridized carbons (Fsp3) is 0.692. The van der Waals surface area contributed by atoms with Crippen molar-refractivity contribution in [2.75, 3.05) is 26.7 Å². The second kappa shape index (κ2) is 7.87. The Hall–Kier alpha value is -1.36. The van der Waals surface area contributed by atoms with Gasteiger partial charge < -0.3 is 10.4 Å². The summed E-state index contributed by atoms with van der Waals surface area (Å²) in [5.74, 6) is -1.03. The van der Waals surface area contributed by atoms with E-state index in [0.717, 1.165) is 19.3 Å². The van der Waals surface area contributed by atoms with Crippen LogP contribution in [0.5, 0.6) is 0 Å². The molecule has 0 bridgehead atoms. The molecule has 1 amide bonds. The van der Waals surface area contributed by atoms with Crippen LogP contribution in [-0.4, -0.2) is 48.6 Å². The van der Waals surface area contributed by atoms with Crippen molar-refractivity contribution in [2.24, 2.45) is 0 Å². The third kappa shape index (κ3) is 6.39. The van der Waals surface area contributed by atoms with Crippen molar-refractivity contribution in [2.45, 2.75) is 32.1 Å². The zero-order chi connectivity index (χ0) is 13.4. The predicted molar refractivity (Wildman–Crippen MR) is 69.3 cm³/mol. The number of aliphatic carboxylic acids is 1. The van der Waals surface area contributed by atoms with Gasteiger partial charge in [0.1, 0.15) is 0 Å². The molecule has 18 heavy (non-hydrogen) atoms. The number of likely N-dealkylation sites (N-methyl/N-ethyl adjacent to an activating group) is 1. The van der Waals surface area contributed by atoms with Gasteiger partial charge in [0.2, 0.25) is 5.91 Å². The number of nitrogens with one attached hydrogen (secondary N) is 1. The van der Waals surface area contributed by atoms with E-state index in [0.29, 0.717) is 6.54 Å². The highest BCUT2D eigenvalue weighted by Crippen LogP contribution is 2.19. The predicted octanol–water partition coefficient (Wildman–Crippen LogP) is 1.01. The first-order valence-electron chi connectivity index (χ1n) is 6.43. The van der Waals surface area contributed by atoms with Crippen LogP contribution in [-0.2, 0) is 9.59 Å². The summed E-state index contributed by atoms with van der Waals surface area (Å²) in [6, 6.07) is 0. The minimum atomic E-state index is -0.919. The van der Waals surface area contributed by atoms with E-state index >= 15 is 0 Å². The summed E-state index contributed by atoms with van der Waals surface area (Å²) in [6.45, 7) is 0.662. The fourth-order valence-electron chi connectivity index (χ4n) is 2.08. The van der Waals surface area contributed by atoms with E-state index in [4.69, 9.17) is 5.11 Å². The highest BCUT2D eigenvalue weighted by Gasteiger charge is 2.09. The molecule has 0 radical (unpaired) electrons. The van der Waals surface area contributed by atoms with Gasteiger partial charge in [0.25, 0.3) is 0 Å². The number of carboxylic acids is 1. The van der Waals surface area contributed by atoms with Crippen LogP contribution < -0.4 is 5.32 Å². The van der Waals surface area contributed by atoms with Crippen LogP contribution in [0.25, 0.3) is 0 Å². The maximum Gasteiger partial charge on any atom is 0.317 e. The van der Waals surface area contributed by atoms with E-state index in [1.807, 2.05) is 0 Å². The third-order valence-corrected chi connectivity index (χ3v) is 2.97. The van der Waals surface area contributed by atoms with Gasteiger partial charge in [-0.05, 0) is 39.2 Å². The molecule has 0 atom stereocenters. The number of carboxylic acid groups (broad SMARTS) is 1. The van der Waals surface area contributed by atoms with E-state index in [-0.39, 0.29) is 19.0 Å². The number of nitrogens with zero attached hydrogens (tertiary/aromatic N) is 1. The quantitative estimate of drug-likeness (QED) is 0.665. The third-order valence-electron chi connectivity index (χ3n) is 2.97. The zero-order valence-corrected chi connectivity index (χ0v) is 10.9. The Kier molecular flexibility index (Phi) is 6.43. The summed E-state index contributed by atoms with van der Waals surface area (Å²) in [5, 5.41) is 11.4. The van der Waals surface area contributed by atoms with Crippen molar-refractivity contribution in [3.8, 4) is 0 Å². The smallest absolute Gasteiger partial charge is 0.317 e. The molecular formula is C13H22N2O3. The van der Waals surface area contributed by atoms with Crippen LogP contribution in [0.2, 0.25) is 0 Å². The van der Waals surface area contributed by atoms with Gasteiger partial charge in [-0.1, -0.05) is 11.6 Å². The van der Waals surface area contributed by atoms with Crippen molar-refractivity contribution in [1.82, 2.24) is 10.2 Å². The summed E-state index contributed by atoms with van der Waals surface area (Å²) >= 11 is 0. The first-order chi connectivity index (χ1) is 8.58. The van der Waals surface area contributed by atoms with Crippen LogP contribution in [0.3, 0.4) is 0 Å². The van der Waals surface area contributed by atoms with Crippen molar-refractivity contribution in [3.05, 3.63) is 11.6 Å². The normalized spacial score (nSPS) is 15.3. The number of hydrogen-bond acceptors (Lipinski definition) is 3. The second-order valence-corrected chi connectivity index (χ2v) is 4.77. The average Bonchev–Trinajstić information content (AvgIpc) is 2.29. The van der Waals surface area contributed by atoms with Gasteiger partial charge in [0.05, 0.1) is 13.1 Å². The molecule has 1 rings (SSSR count). The molecule has 0 aromatic heterocycles.